The summed E-state index contributed by atoms with van der Waals surface area (Å²) in [4.78, 5) is 10.2. The normalized spacial score (nSPS) is 10.5. The Bertz CT molecular complexity index is 826. The smallest absolute Gasteiger partial charge is 0.269 e. The van der Waals surface area contributed by atoms with Gasteiger partial charge in [0.05, 0.1) is 4.92 Å². The summed E-state index contributed by atoms with van der Waals surface area (Å²) in [5.41, 5.74) is 1.74. The first-order valence-corrected chi connectivity index (χ1v) is 7.44. The van der Waals surface area contributed by atoms with Gasteiger partial charge in [-0.1, -0.05) is 6.92 Å². The highest BCUT2D eigenvalue weighted by atomic mass is 16.6. The van der Waals surface area contributed by atoms with Crippen molar-refractivity contribution in [2.24, 2.45) is 0 Å². The van der Waals surface area contributed by atoms with Crippen molar-refractivity contribution in [3.8, 4) is 17.2 Å². The molecule has 2 aromatic carbocycles. The Hall–Kier alpha value is -3.22. The molecule has 0 spiro atoms. The molecular weight excluding hydrogens is 310 g/mol. The van der Waals surface area contributed by atoms with Crippen molar-refractivity contribution < 1.29 is 14.1 Å². The molecular formula is C17H15N3O4. The number of ether oxygens (including phenoxy) is 1. The molecule has 0 atom stereocenters. The molecule has 0 fully saturated rings. The molecule has 7 nitrogen and oxygen atoms in total. The van der Waals surface area contributed by atoms with Gasteiger partial charge in [0.2, 0.25) is 11.8 Å². The largest absolute Gasteiger partial charge is 0.489 e. The van der Waals surface area contributed by atoms with Crippen LogP contribution in [0.15, 0.2) is 52.9 Å². The van der Waals surface area contributed by atoms with Gasteiger partial charge in [-0.3, -0.25) is 10.1 Å². The maximum absolute atomic E-state index is 10.6. The number of aromatic nitrogens is 2. The van der Waals surface area contributed by atoms with Crippen LogP contribution in [0.25, 0.3) is 11.5 Å². The average molecular weight is 325 g/mol. The number of benzene rings is 2. The Balaban J connectivity index is 1.62. The molecule has 0 N–H and O–H groups in total. The molecule has 3 aromatic rings. The van der Waals surface area contributed by atoms with Crippen LogP contribution in [0.2, 0.25) is 0 Å². The second kappa shape index (κ2) is 6.91. The fourth-order valence-electron chi connectivity index (χ4n) is 2.09. The fraction of sp³-hybridized carbons (Fsp3) is 0.176. The molecule has 0 aliphatic heterocycles. The van der Waals surface area contributed by atoms with Crippen molar-refractivity contribution in [3.63, 3.8) is 0 Å². The first-order chi connectivity index (χ1) is 11.7. The third-order valence-electron chi connectivity index (χ3n) is 3.42. The van der Waals surface area contributed by atoms with Gasteiger partial charge in [-0.25, -0.2) is 0 Å². The van der Waals surface area contributed by atoms with Gasteiger partial charge in [0.1, 0.15) is 12.4 Å². The van der Waals surface area contributed by atoms with Crippen molar-refractivity contribution in [1.82, 2.24) is 10.2 Å². The zero-order chi connectivity index (χ0) is 16.9. The Morgan fingerprint density at radius 2 is 1.79 bits per heavy atom. The van der Waals surface area contributed by atoms with Crippen molar-refractivity contribution >= 4 is 5.69 Å². The van der Waals surface area contributed by atoms with E-state index in [1.165, 1.54) is 12.1 Å². The number of hydrogen-bond donors (Lipinski definition) is 0. The number of nitro benzene ring substituents is 1. The van der Waals surface area contributed by atoms with Crippen molar-refractivity contribution in [2.45, 2.75) is 20.0 Å². The fourth-order valence-corrected chi connectivity index (χ4v) is 2.09. The van der Waals surface area contributed by atoms with E-state index >= 15 is 0 Å². The first-order valence-electron chi connectivity index (χ1n) is 7.44. The molecule has 3 rings (SSSR count). The summed E-state index contributed by atoms with van der Waals surface area (Å²) in [7, 11) is 0. The van der Waals surface area contributed by atoms with E-state index in [0.717, 1.165) is 11.1 Å². The van der Waals surface area contributed by atoms with Crippen LogP contribution in [-0.2, 0) is 13.0 Å². The zero-order valence-corrected chi connectivity index (χ0v) is 13.0. The highest BCUT2D eigenvalue weighted by Gasteiger charge is 2.08. The van der Waals surface area contributed by atoms with Crippen LogP contribution in [0, 0.1) is 10.1 Å². The van der Waals surface area contributed by atoms with Crippen LogP contribution in [0.1, 0.15) is 18.4 Å². The predicted octanol–water partition coefficient (Wildman–Crippen LogP) is 3.79. The Morgan fingerprint density at radius 1 is 1.08 bits per heavy atom. The van der Waals surface area contributed by atoms with Crippen LogP contribution in [0.4, 0.5) is 5.69 Å². The molecule has 24 heavy (non-hydrogen) atoms. The van der Waals surface area contributed by atoms with Gasteiger partial charge in [-0.15, -0.1) is 10.2 Å². The van der Waals surface area contributed by atoms with E-state index < -0.39 is 4.92 Å². The summed E-state index contributed by atoms with van der Waals surface area (Å²) in [5, 5.41) is 18.5. The summed E-state index contributed by atoms with van der Waals surface area (Å²) in [5.74, 6) is 1.77. The molecule has 0 aliphatic rings. The first kappa shape index (κ1) is 15.7. The molecule has 122 valence electrons. The van der Waals surface area contributed by atoms with E-state index in [9.17, 15) is 10.1 Å². The maximum Gasteiger partial charge on any atom is 0.269 e. The second-order valence-corrected chi connectivity index (χ2v) is 5.09. The molecule has 7 heteroatoms. The highest BCUT2D eigenvalue weighted by molar-refractivity contribution is 5.54. The number of hydrogen-bond acceptors (Lipinski definition) is 6. The van der Waals surface area contributed by atoms with Crippen LogP contribution >= 0.6 is 0 Å². The Labute approximate surface area is 138 Å². The second-order valence-electron chi connectivity index (χ2n) is 5.09. The minimum absolute atomic E-state index is 0.0640. The highest BCUT2D eigenvalue weighted by Crippen LogP contribution is 2.22. The van der Waals surface area contributed by atoms with Crippen molar-refractivity contribution in [3.05, 3.63) is 70.1 Å². The van der Waals surface area contributed by atoms with E-state index in [1.54, 1.807) is 12.1 Å². The van der Waals surface area contributed by atoms with E-state index in [1.807, 2.05) is 31.2 Å². The lowest BCUT2D eigenvalue weighted by atomic mass is 10.2. The number of non-ortho nitro benzene ring substituents is 1. The number of nitrogens with zero attached hydrogens (tertiary/aromatic N) is 3. The van der Waals surface area contributed by atoms with Gasteiger partial charge in [-0.05, 0) is 42.0 Å². The van der Waals surface area contributed by atoms with Gasteiger partial charge < -0.3 is 9.15 Å². The van der Waals surface area contributed by atoms with E-state index in [4.69, 9.17) is 9.15 Å². The van der Waals surface area contributed by atoms with Crippen LogP contribution < -0.4 is 4.74 Å². The van der Waals surface area contributed by atoms with Gasteiger partial charge >= 0.3 is 0 Å². The van der Waals surface area contributed by atoms with E-state index in [2.05, 4.69) is 10.2 Å². The van der Waals surface area contributed by atoms with Crippen LogP contribution in [-0.4, -0.2) is 15.1 Å². The summed E-state index contributed by atoms with van der Waals surface area (Å²) in [6, 6.07) is 13.6. The monoisotopic (exact) mass is 325 g/mol. The van der Waals surface area contributed by atoms with Gasteiger partial charge in [0.15, 0.2) is 0 Å². The van der Waals surface area contributed by atoms with Gasteiger partial charge in [0, 0.05) is 24.1 Å². The summed E-state index contributed by atoms with van der Waals surface area (Å²) >= 11 is 0. The van der Waals surface area contributed by atoms with Crippen LogP contribution in [0.5, 0.6) is 5.75 Å². The molecule has 0 saturated heterocycles. The maximum atomic E-state index is 10.6. The topological polar surface area (TPSA) is 91.3 Å². The Kier molecular flexibility index (Phi) is 4.51. The molecule has 0 bridgehead atoms. The summed E-state index contributed by atoms with van der Waals surface area (Å²) in [6.07, 6.45) is 0.698. The summed E-state index contributed by atoms with van der Waals surface area (Å²) < 4.78 is 11.2. The molecule has 0 saturated carbocycles. The molecule has 1 heterocycles. The zero-order valence-electron chi connectivity index (χ0n) is 13.0. The number of aryl methyl sites for hydroxylation is 1. The lowest BCUT2D eigenvalue weighted by Gasteiger charge is -2.06. The lowest BCUT2D eigenvalue weighted by molar-refractivity contribution is -0.384. The molecule has 0 unspecified atom stereocenters. The summed E-state index contributed by atoms with van der Waals surface area (Å²) in [6.45, 7) is 2.28. The van der Waals surface area contributed by atoms with Crippen molar-refractivity contribution in [2.75, 3.05) is 0 Å². The van der Waals surface area contributed by atoms with E-state index in [-0.39, 0.29) is 5.69 Å². The molecule has 0 amide bonds. The third kappa shape index (κ3) is 3.57. The average Bonchev–Trinajstić information content (AvgIpc) is 3.10. The predicted molar refractivity (Wildman–Crippen MR) is 86.5 cm³/mol. The molecule has 0 radical (unpaired) electrons. The molecule has 0 aliphatic carbocycles. The molecule has 1 aromatic heterocycles. The minimum Gasteiger partial charge on any atom is -0.489 e. The van der Waals surface area contributed by atoms with Gasteiger partial charge in [-0.2, -0.15) is 0 Å². The quantitative estimate of drug-likeness (QED) is 0.506. The SMILES string of the molecule is CCc1nnc(-c2ccc(OCc3ccc([N+](=O)[O-])cc3)cc2)o1. The number of nitro groups is 1. The standard InChI is InChI=1S/C17H15N3O4/c1-2-16-18-19-17(24-16)13-5-9-15(10-6-13)23-11-12-3-7-14(8-4-12)20(21)22/h3-10H,2,11H2,1H3. The minimum atomic E-state index is -0.426. The third-order valence-corrected chi connectivity index (χ3v) is 3.42. The van der Waals surface area contributed by atoms with Gasteiger partial charge in [0.25, 0.3) is 5.69 Å². The van der Waals surface area contributed by atoms with Crippen molar-refractivity contribution in [1.29, 1.82) is 0 Å². The number of rotatable bonds is 6. The lowest BCUT2D eigenvalue weighted by Crippen LogP contribution is -1.96. The Morgan fingerprint density at radius 3 is 2.38 bits per heavy atom. The van der Waals surface area contributed by atoms with E-state index in [0.29, 0.717) is 30.6 Å². The van der Waals surface area contributed by atoms with Crippen LogP contribution in [0.3, 0.4) is 0 Å².